The fourth-order valence-electron chi connectivity index (χ4n) is 2.95. The van der Waals surface area contributed by atoms with E-state index in [0.717, 1.165) is 16.4 Å². The third kappa shape index (κ3) is 5.50. The first kappa shape index (κ1) is 22.1. The van der Waals surface area contributed by atoms with Crippen molar-refractivity contribution in [3.63, 3.8) is 0 Å². The van der Waals surface area contributed by atoms with Crippen molar-refractivity contribution < 1.29 is 13.2 Å². The number of amides is 1. The molecule has 1 amide bonds. The van der Waals surface area contributed by atoms with Crippen molar-refractivity contribution in [1.29, 1.82) is 0 Å². The topological polar surface area (TPSA) is 107 Å². The zero-order chi connectivity index (χ0) is 21.7. The van der Waals surface area contributed by atoms with Gasteiger partial charge in [0.15, 0.2) is 5.16 Å². The van der Waals surface area contributed by atoms with Gasteiger partial charge in [0.2, 0.25) is 15.9 Å². The van der Waals surface area contributed by atoms with Gasteiger partial charge in [-0.25, -0.2) is 18.5 Å². The summed E-state index contributed by atoms with van der Waals surface area (Å²) in [6.07, 6.45) is 4.22. The van der Waals surface area contributed by atoms with Gasteiger partial charge >= 0.3 is 0 Å². The van der Waals surface area contributed by atoms with Crippen molar-refractivity contribution in [2.45, 2.75) is 30.3 Å². The predicted octanol–water partition coefficient (Wildman–Crippen LogP) is 2.59. The van der Waals surface area contributed by atoms with Crippen molar-refractivity contribution in [3.8, 4) is 5.69 Å². The first-order valence-corrected chi connectivity index (χ1v) is 11.9. The highest BCUT2D eigenvalue weighted by molar-refractivity contribution is 7.99. The minimum absolute atomic E-state index is 0.0750. The number of benzene rings is 2. The van der Waals surface area contributed by atoms with Crippen LogP contribution in [0, 0.1) is 13.8 Å². The number of aryl methyl sites for hydroxylation is 1. The van der Waals surface area contributed by atoms with Crippen LogP contribution in [-0.2, 0) is 21.2 Å². The molecule has 7 nitrogen and oxygen atoms in total. The number of nitrogens with two attached hydrogens (primary N) is 1. The van der Waals surface area contributed by atoms with E-state index in [0.29, 0.717) is 13.0 Å². The molecule has 0 aliphatic heterocycles. The lowest BCUT2D eigenvalue weighted by Crippen LogP contribution is -2.27. The Morgan fingerprint density at radius 1 is 1.17 bits per heavy atom. The second-order valence-electron chi connectivity index (χ2n) is 6.88. The Kier molecular flexibility index (Phi) is 6.96. The van der Waals surface area contributed by atoms with E-state index in [-0.39, 0.29) is 16.6 Å². The molecule has 0 fully saturated rings. The predicted molar refractivity (Wildman–Crippen MR) is 118 cm³/mol. The Bertz CT molecular complexity index is 1140. The molecule has 1 aromatic heterocycles. The van der Waals surface area contributed by atoms with Crippen molar-refractivity contribution in [1.82, 2.24) is 14.9 Å². The molecule has 3 aromatic rings. The minimum Gasteiger partial charge on any atom is -0.355 e. The number of rotatable bonds is 8. The zero-order valence-electron chi connectivity index (χ0n) is 16.8. The van der Waals surface area contributed by atoms with Crippen LogP contribution in [0.15, 0.2) is 64.9 Å². The molecule has 0 aliphatic rings. The fourth-order valence-corrected chi connectivity index (χ4v) is 4.26. The van der Waals surface area contributed by atoms with Crippen LogP contribution in [0.4, 0.5) is 0 Å². The van der Waals surface area contributed by atoms with Crippen LogP contribution < -0.4 is 10.5 Å². The Morgan fingerprint density at radius 3 is 2.60 bits per heavy atom. The second-order valence-corrected chi connectivity index (χ2v) is 9.38. The van der Waals surface area contributed by atoms with E-state index in [2.05, 4.69) is 30.2 Å². The summed E-state index contributed by atoms with van der Waals surface area (Å²) in [5, 5.41) is 8.73. The maximum atomic E-state index is 12.2. The monoisotopic (exact) mass is 444 g/mol. The molecule has 158 valence electrons. The number of nitrogens with one attached hydrogen (secondary N) is 1. The first-order valence-electron chi connectivity index (χ1n) is 9.37. The van der Waals surface area contributed by atoms with Crippen LogP contribution in [-0.4, -0.2) is 36.2 Å². The summed E-state index contributed by atoms with van der Waals surface area (Å²) in [6, 6.07) is 12.4. The van der Waals surface area contributed by atoms with E-state index < -0.39 is 10.0 Å². The molecular formula is C21H24N4O3S2. The number of hydrogen-bond donors (Lipinski definition) is 2. The summed E-state index contributed by atoms with van der Waals surface area (Å²) < 4.78 is 24.5. The van der Waals surface area contributed by atoms with Crippen molar-refractivity contribution in [2.24, 2.45) is 5.14 Å². The van der Waals surface area contributed by atoms with Crippen LogP contribution in [0.3, 0.4) is 0 Å². The third-order valence-corrected chi connectivity index (χ3v) is 6.66. The van der Waals surface area contributed by atoms with E-state index in [1.54, 1.807) is 18.3 Å². The lowest BCUT2D eigenvalue weighted by atomic mass is 10.1. The van der Waals surface area contributed by atoms with Crippen molar-refractivity contribution >= 4 is 27.7 Å². The second kappa shape index (κ2) is 9.46. The van der Waals surface area contributed by atoms with Crippen molar-refractivity contribution in [3.05, 3.63) is 71.5 Å². The Morgan fingerprint density at radius 2 is 1.90 bits per heavy atom. The normalized spacial score (nSPS) is 11.4. The first-order chi connectivity index (χ1) is 14.3. The molecule has 0 saturated heterocycles. The van der Waals surface area contributed by atoms with E-state index in [4.69, 9.17) is 5.14 Å². The molecule has 0 aliphatic carbocycles. The van der Waals surface area contributed by atoms with Gasteiger partial charge in [-0.15, -0.1) is 0 Å². The lowest BCUT2D eigenvalue weighted by Gasteiger charge is -2.12. The highest BCUT2D eigenvalue weighted by atomic mass is 32.2. The van der Waals surface area contributed by atoms with Gasteiger partial charge < -0.3 is 5.32 Å². The molecule has 3 rings (SSSR count). The number of primary sulfonamides is 1. The summed E-state index contributed by atoms with van der Waals surface area (Å²) in [6.45, 7) is 4.60. The quantitative estimate of drug-likeness (QED) is 0.519. The molecule has 2 aromatic carbocycles. The third-order valence-electron chi connectivity index (χ3n) is 4.76. The average Bonchev–Trinajstić information content (AvgIpc) is 3.16. The molecule has 3 N–H and O–H groups in total. The number of thioether (sulfide) groups is 1. The summed E-state index contributed by atoms with van der Waals surface area (Å²) in [7, 11) is -3.69. The number of carbonyl (C=O) groups is 1. The maximum Gasteiger partial charge on any atom is 0.238 e. The van der Waals surface area contributed by atoms with Crippen LogP contribution in [0.1, 0.15) is 16.7 Å². The molecule has 0 bridgehead atoms. The smallest absolute Gasteiger partial charge is 0.238 e. The Balaban J connectivity index is 1.51. The van der Waals surface area contributed by atoms with Crippen molar-refractivity contribution in [2.75, 3.05) is 12.3 Å². The summed E-state index contributed by atoms with van der Waals surface area (Å²) in [5.74, 6) is 0.170. The standard InChI is InChI=1S/C21H24N4O3S2/c1-15-4-3-5-19(16(15)2)25-13-12-24-21(25)29-14-20(26)23-11-10-17-6-8-18(9-7-17)30(22,27)28/h3-9,12-13H,10-11,14H2,1-2H3,(H,23,26)(H2,22,27,28). The molecule has 30 heavy (non-hydrogen) atoms. The summed E-state index contributed by atoms with van der Waals surface area (Å²) in [4.78, 5) is 16.7. The number of sulfonamides is 1. The van der Waals surface area contributed by atoms with Gasteiger partial charge in [0, 0.05) is 18.9 Å². The van der Waals surface area contributed by atoms with Gasteiger partial charge in [-0.05, 0) is 55.2 Å². The SMILES string of the molecule is Cc1cccc(-n2ccnc2SCC(=O)NCCc2ccc(S(N)(=O)=O)cc2)c1C. The molecule has 0 atom stereocenters. The molecule has 9 heteroatoms. The van der Waals surface area contributed by atoms with E-state index in [1.165, 1.54) is 35.0 Å². The van der Waals surface area contributed by atoms with E-state index in [1.807, 2.05) is 22.9 Å². The Labute approximate surface area is 180 Å². The number of nitrogens with zero attached hydrogens (tertiary/aromatic N) is 2. The molecule has 0 unspecified atom stereocenters. The van der Waals surface area contributed by atoms with Gasteiger partial charge in [0.25, 0.3) is 0 Å². The molecule has 1 heterocycles. The van der Waals surface area contributed by atoms with Gasteiger partial charge in [-0.3, -0.25) is 9.36 Å². The van der Waals surface area contributed by atoms with E-state index >= 15 is 0 Å². The molecule has 0 saturated carbocycles. The fraction of sp³-hybridized carbons (Fsp3) is 0.238. The van der Waals surface area contributed by atoms with Crippen LogP contribution in [0.25, 0.3) is 5.69 Å². The summed E-state index contributed by atoms with van der Waals surface area (Å²) in [5.41, 5.74) is 4.35. The largest absolute Gasteiger partial charge is 0.355 e. The molecular weight excluding hydrogens is 420 g/mol. The number of hydrogen-bond acceptors (Lipinski definition) is 5. The highest BCUT2D eigenvalue weighted by Crippen LogP contribution is 2.24. The van der Waals surface area contributed by atoms with Crippen LogP contribution >= 0.6 is 11.8 Å². The number of carbonyl (C=O) groups excluding carboxylic acids is 1. The van der Waals surface area contributed by atoms with Crippen LogP contribution in [0.2, 0.25) is 0 Å². The molecule has 0 spiro atoms. The van der Waals surface area contributed by atoms with Gasteiger partial charge in [-0.1, -0.05) is 36.0 Å². The Hall–Kier alpha value is -2.62. The number of imidazole rings is 1. The lowest BCUT2D eigenvalue weighted by molar-refractivity contribution is -0.118. The van der Waals surface area contributed by atoms with Gasteiger partial charge in [0.1, 0.15) is 0 Å². The average molecular weight is 445 g/mol. The molecule has 0 radical (unpaired) electrons. The van der Waals surface area contributed by atoms with Crippen LogP contribution in [0.5, 0.6) is 0 Å². The number of aromatic nitrogens is 2. The minimum atomic E-state index is -3.69. The van der Waals surface area contributed by atoms with Gasteiger partial charge in [-0.2, -0.15) is 0 Å². The highest BCUT2D eigenvalue weighted by Gasteiger charge is 2.11. The van der Waals surface area contributed by atoms with Gasteiger partial charge in [0.05, 0.1) is 16.3 Å². The summed E-state index contributed by atoms with van der Waals surface area (Å²) >= 11 is 1.38. The maximum absolute atomic E-state index is 12.2. The van der Waals surface area contributed by atoms with E-state index in [9.17, 15) is 13.2 Å². The zero-order valence-corrected chi connectivity index (χ0v) is 18.5.